The van der Waals surface area contributed by atoms with Gasteiger partial charge in [0.25, 0.3) is 0 Å². The van der Waals surface area contributed by atoms with Crippen molar-refractivity contribution in [1.29, 1.82) is 0 Å². The van der Waals surface area contributed by atoms with Gasteiger partial charge in [-0.05, 0) is 19.4 Å². The van der Waals surface area contributed by atoms with E-state index in [1.54, 1.807) is 0 Å². The van der Waals surface area contributed by atoms with Gasteiger partial charge >= 0.3 is 0 Å². The van der Waals surface area contributed by atoms with E-state index in [2.05, 4.69) is 6.92 Å². The summed E-state index contributed by atoms with van der Waals surface area (Å²) < 4.78 is 5.66. The molecule has 0 radical (unpaired) electrons. The molecule has 1 atom stereocenters. The van der Waals surface area contributed by atoms with Crippen molar-refractivity contribution in [1.82, 2.24) is 0 Å². The van der Waals surface area contributed by atoms with Crippen LogP contribution in [-0.4, -0.2) is 6.61 Å². The van der Waals surface area contributed by atoms with Crippen LogP contribution in [0.15, 0.2) is 18.2 Å². The van der Waals surface area contributed by atoms with E-state index in [9.17, 15) is 0 Å². The Hall–Kier alpha value is -0.730. The summed E-state index contributed by atoms with van der Waals surface area (Å²) in [6.07, 6.45) is 2.14. The highest BCUT2D eigenvalue weighted by molar-refractivity contribution is 6.32. The minimum Gasteiger partial charge on any atom is -0.492 e. The van der Waals surface area contributed by atoms with E-state index in [4.69, 9.17) is 22.1 Å². The van der Waals surface area contributed by atoms with Crippen LogP contribution in [-0.2, 0) is 0 Å². The van der Waals surface area contributed by atoms with Crippen LogP contribution in [0.2, 0.25) is 5.02 Å². The predicted molar refractivity (Wildman–Crippen MR) is 64.5 cm³/mol. The summed E-state index contributed by atoms with van der Waals surface area (Å²) in [5.74, 6) is 0.739. The van der Waals surface area contributed by atoms with Gasteiger partial charge in [0.1, 0.15) is 5.75 Å². The van der Waals surface area contributed by atoms with Crippen molar-refractivity contribution in [3.8, 4) is 5.75 Å². The first-order valence-corrected chi connectivity index (χ1v) is 5.71. The van der Waals surface area contributed by atoms with Crippen LogP contribution in [0.1, 0.15) is 38.3 Å². The number of hydrogen-bond donors (Lipinski definition) is 1. The SMILES string of the molecule is CCCCOc1c(Cl)cccc1C(C)N. The summed E-state index contributed by atoms with van der Waals surface area (Å²) in [5, 5.41) is 0.640. The molecular formula is C12H18ClNO. The molecule has 84 valence electrons. The number of para-hydroxylation sites is 1. The zero-order valence-corrected chi connectivity index (χ0v) is 10.1. The Morgan fingerprint density at radius 3 is 2.80 bits per heavy atom. The summed E-state index contributed by atoms with van der Waals surface area (Å²) in [4.78, 5) is 0. The monoisotopic (exact) mass is 227 g/mol. The van der Waals surface area contributed by atoms with Gasteiger partial charge in [0.05, 0.1) is 11.6 Å². The minimum atomic E-state index is -0.0553. The molecule has 0 aromatic heterocycles. The van der Waals surface area contributed by atoms with Crippen LogP contribution >= 0.6 is 11.6 Å². The van der Waals surface area contributed by atoms with Gasteiger partial charge in [-0.2, -0.15) is 0 Å². The smallest absolute Gasteiger partial charge is 0.142 e. The molecule has 0 spiro atoms. The maximum Gasteiger partial charge on any atom is 0.142 e. The van der Waals surface area contributed by atoms with Gasteiger partial charge in [-0.25, -0.2) is 0 Å². The Morgan fingerprint density at radius 2 is 2.20 bits per heavy atom. The second kappa shape index (κ2) is 5.99. The molecular weight excluding hydrogens is 210 g/mol. The molecule has 0 saturated carbocycles. The van der Waals surface area contributed by atoms with Gasteiger partial charge in [-0.15, -0.1) is 0 Å². The number of benzene rings is 1. The molecule has 0 fully saturated rings. The molecule has 0 amide bonds. The summed E-state index contributed by atoms with van der Waals surface area (Å²) in [5.41, 5.74) is 6.82. The quantitative estimate of drug-likeness (QED) is 0.781. The highest BCUT2D eigenvalue weighted by atomic mass is 35.5. The van der Waals surface area contributed by atoms with Crippen molar-refractivity contribution in [2.45, 2.75) is 32.7 Å². The topological polar surface area (TPSA) is 35.2 Å². The van der Waals surface area contributed by atoms with Crippen LogP contribution in [0.25, 0.3) is 0 Å². The van der Waals surface area contributed by atoms with E-state index >= 15 is 0 Å². The molecule has 1 aromatic rings. The Labute approximate surface area is 96.4 Å². The van der Waals surface area contributed by atoms with E-state index < -0.39 is 0 Å². The third-order valence-electron chi connectivity index (χ3n) is 2.23. The third-order valence-corrected chi connectivity index (χ3v) is 2.53. The molecule has 15 heavy (non-hydrogen) atoms. The minimum absolute atomic E-state index is 0.0553. The lowest BCUT2D eigenvalue weighted by Crippen LogP contribution is -2.09. The molecule has 0 saturated heterocycles. The number of rotatable bonds is 5. The first-order valence-electron chi connectivity index (χ1n) is 5.33. The van der Waals surface area contributed by atoms with E-state index in [0.717, 1.165) is 24.2 Å². The maximum absolute atomic E-state index is 6.07. The molecule has 0 bridgehead atoms. The zero-order valence-electron chi connectivity index (χ0n) is 9.29. The standard InChI is InChI=1S/C12H18ClNO/c1-3-4-8-15-12-10(9(2)14)6-5-7-11(12)13/h5-7,9H,3-4,8,14H2,1-2H3. The average molecular weight is 228 g/mol. The van der Waals surface area contributed by atoms with Gasteiger partial charge in [0.2, 0.25) is 0 Å². The molecule has 0 aliphatic heterocycles. The molecule has 0 aliphatic rings. The summed E-state index contributed by atoms with van der Waals surface area (Å²) in [6.45, 7) is 4.75. The lowest BCUT2D eigenvalue weighted by molar-refractivity contribution is 0.305. The van der Waals surface area contributed by atoms with Crippen molar-refractivity contribution >= 4 is 11.6 Å². The number of halogens is 1. The largest absolute Gasteiger partial charge is 0.492 e. The van der Waals surface area contributed by atoms with Crippen LogP contribution in [0.3, 0.4) is 0 Å². The molecule has 3 heteroatoms. The predicted octanol–water partition coefficient (Wildman–Crippen LogP) is 3.54. The van der Waals surface area contributed by atoms with E-state index in [1.807, 2.05) is 25.1 Å². The third kappa shape index (κ3) is 3.40. The molecule has 1 aromatic carbocycles. The van der Waals surface area contributed by atoms with Gasteiger partial charge in [-0.3, -0.25) is 0 Å². The fourth-order valence-electron chi connectivity index (χ4n) is 1.35. The summed E-state index contributed by atoms with van der Waals surface area (Å²) in [6, 6.07) is 5.63. The highest BCUT2D eigenvalue weighted by Crippen LogP contribution is 2.31. The maximum atomic E-state index is 6.07. The Bertz CT molecular complexity index is 312. The van der Waals surface area contributed by atoms with Gasteiger partial charge in [0, 0.05) is 11.6 Å². The van der Waals surface area contributed by atoms with Crippen LogP contribution in [0, 0.1) is 0 Å². The van der Waals surface area contributed by atoms with Gasteiger partial charge < -0.3 is 10.5 Å². The highest BCUT2D eigenvalue weighted by Gasteiger charge is 2.11. The molecule has 0 heterocycles. The second-order valence-corrected chi connectivity index (χ2v) is 4.06. The molecule has 1 rings (SSSR count). The summed E-state index contributed by atoms with van der Waals surface area (Å²) >= 11 is 6.07. The van der Waals surface area contributed by atoms with Crippen LogP contribution in [0.4, 0.5) is 0 Å². The Morgan fingerprint density at radius 1 is 1.47 bits per heavy atom. The first-order chi connectivity index (χ1) is 7.16. The van der Waals surface area contributed by atoms with Crippen molar-refractivity contribution in [2.75, 3.05) is 6.61 Å². The Balaban J connectivity index is 2.82. The second-order valence-electron chi connectivity index (χ2n) is 3.65. The van der Waals surface area contributed by atoms with Crippen molar-refractivity contribution in [2.24, 2.45) is 5.73 Å². The van der Waals surface area contributed by atoms with E-state index in [0.29, 0.717) is 11.6 Å². The van der Waals surface area contributed by atoms with Crippen LogP contribution < -0.4 is 10.5 Å². The first kappa shape index (κ1) is 12.3. The number of hydrogen-bond acceptors (Lipinski definition) is 2. The number of nitrogens with two attached hydrogens (primary N) is 1. The zero-order chi connectivity index (χ0) is 11.3. The molecule has 2 N–H and O–H groups in total. The summed E-state index contributed by atoms with van der Waals surface area (Å²) in [7, 11) is 0. The van der Waals surface area contributed by atoms with Crippen molar-refractivity contribution in [3.05, 3.63) is 28.8 Å². The Kier molecular flexibility index (Phi) is 4.92. The molecule has 2 nitrogen and oxygen atoms in total. The van der Waals surface area contributed by atoms with Crippen molar-refractivity contribution < 1.29 is 4.74 Å². The fraction of sp³-hybridized carbons (Fsp3) is 0.500. The molecule has 0 aliphatic carbocycles. The number of unbranched alkanes of at least 4 members (excludes halogenated alkanes) is 1. The average Bonchev–Trinajstić information content (AvgIpc) is 2.20. The van der Waals surface area contributed by atoms with E-state index in [-0.39, 0.29) is 6.04 Å². The lowest BCUT2D eigenvalue weighted by atomic mass is 10.1. The van der Waals surface area contributed by atoms with Crippen LogP contribution in [0.5, 0.6) is 5.75 Å². The lowest BCUT2D eigenvalue weighted by Gasteiger charge is -2.15. The molecule has 1 unspecified atom stereocenters. The normalized spacial score (nSPS) is 12.5. The van der Waals surface area contributed by atoms with Gasteiger partial charge in [-0.1, -0.05) is 37.1 Å². The van der Waals surface area contributed by atoms with Gasteiger partial charge in [0.15, 0.2) is 0 Å². The number of ether oxygens (including phenoxy) is 1. The van der Waals surface area contributed by atoms with Crippen molar-refractivity contribution in [3.63, 3.8) is 0 Å². The van der Waals surface area contributed by atoms with E-state index in [1.165, 1.54) is 0 Å². The fourth-order valence-corrected chi connectivity index (χ4v) is 1.59.